The zero-order valence-electron chi connectivity index (χ0n) is 10.6. The molecule has 0 amide bonds. The molecule has 1 aromatic heterocycles. The van der Waals surface area contributed by atoms with E-state index in [4.69, 9.17) is 17.3 Å². The van der Waals surface area contributed by atoms with Crippen molar-refractivity contribution in [3.8, 4) is 0 Å². The molecule has 0 unspecified atom stereocenters. The van der Waals surface area contributed by atoms with Crippen LogP contribution in [0.5, 0.6) is 0 Å². The lowest BCUT2D eigenvalue weighted by atomic mass is 10.1. The standard InChI is InChI=1S/C13H14ClN3OS/c1-7-5-12(18)17-13(16-7)19-11-4-3-9(8(2)15)6-10(11)14/h3-6,8H,15H2,1-2H3,(H,16,17,18)/t8-/m0/s1. The van der Waals surface area contributed by atoms with Crippen molar-refractivity contribution < 1.29 is 0 Å². The molecule has 0 fully saturated rings. The Morgan fingerprint density at radius 1 is 1.42 bits per heavy atom. The maximum atomic E-state index is 11.4. The highest BCUT2D eigenvalue weighted by atomic mass is 35.5. The Morgan fingerprint density at radius 2 is 2.16 bits per heavy atom. The molecule has 100 valence electrons. The second kappa shape index (κ2) is 5.77. The molecule has 0 saturated carbocycles. The number of aromatic amines is 1. The number of hydrogen-bond acceptors (Lipinski definition) is 4. The van der Waals surface area contributed by atoms with Crippen molar-refractivity contribution in [3.63, 3.8) is 0 Å². The van der Waals surface area contributed by atoms with E-state index in [1.807, 2.05) is 25.1 Å². The Hall–Kier alpha value is -1.30. The van der Waals surface area contributed by atoms with E-state index in [9.17, 15) is 4.79 Å². The Balaban J connectivity index is 2.30. The van der Waals surface area contributed by atoms with Gasteiger partial charge in [-0.1, -0.05) is 29.4 Å². The SMILES string of the molecule is Cc1cc(=O)[nH]c(Sc2ccc([C@H](C)N)cc2Cl)n1. The first-order valence-corrected chi connectivity index (χ1v) is 6.96. The molecule has 19 heavy (non-hydrogen) atoms. The molecule has 1 heterocycles. The van der Waals surface area contributed by atoms with E-state index < -0.39 is 0 Å². The van der Waals surface area contributed by atoms with E-state index in [0.29, 0.717) is 15.9 Å². The zero-order valence-corrected chi connectivity index (χ0v) is 12.2. The molecule has 0 saturated heterocycles. The number of nitrogens with one attached hydrogen (secondary N) is 1. The Bertz CT molecular complexity index is 655. The van der Waals surface area contributed by atoms with Gasteiger partial charge < -0.3 is 10.7 Å². The second-order valence-corrected chi connectivity index (χ2v) is 5.71. The number of halogens is 1. The van der Waals surface area contributed by atoms with Gasteiger partial charge in [-0.3, -0.25) is 4.79 Å². The lowest BCUT2D eigenvalue weighted by molar-refractivity contribution is 0.817. The molecule has 6 heteroatoms. The number of aromatic nitrogens is 2. The summed E-state index contributed by atoms with van der Waals surface area (Å²) in [6.45, 7) is 3.68. The maximum absolute atomic E-state index is 11.4. The van der Waals surface area contributed by atoms with Crippen molar-refractivity contribution in [1.82, 2.24) is 9.97 Å². The van der Waals surface area contributed by atoms with Crippen molar-refractivity contribution in [3.05, 3.63) is 50.9 Å². The van der Waals surface area contributed by atoms with Crippen LogP contribution in [0.25, 0.3) is 0 Å². The molecule has 0 radical (unpaired) electrons. The lowest BCUT2D eigenvalue weighted by Crippen LogP contribution is -2.08. The largest absolute Gasteiger partial charge is 0.324 e. The van der Waals surface area contributed by atoms with Gasteiger partial charge in [0.25, 0.3) is 5.56 Å². The fraction of sp³-hybridized carbons (Fsp3) is 0.231. The summed E-state index contributed by atoms with van der Waals surface area (Å²) in [6.07, 6.45) is 0. The van der Waals surface area contributed by atoms with Crippen LogP contribution in [0.1, 0.15) is 24.2 Å². The topological polar surface area (TPSA) is 71.8 Å². The van der Waals surface area contributed by atoms with Crippen molar-refractivity contribution in [1.29, 1.82) is 0 Å². The molecule has 0 bridgehead atoms. The minimum atomic E-state index is -0.168. The molecule has 4 nitrogen and oxygen atoms in total. The minimum absolute atomic E-state index is 0.0616. The van der Waals surface area contributed by atoms with Gasteiger partial charge in [0, 0.05) is 22.7 Å². The fourth-order valence-electron chi connectivity index (χ4n) is 1.59. The molecule has 0 aliphatic heterocycles. The average Bonchev–Trinajstić information content (AvgIpc) is 2.30. The molecule has 1 atom stereocenters. The summed E-state index contributed by atoms with van der Waals surface area (Å²) in [5.41, 5.74) is 7.28. The van der Waals surface area contributed by atoms with Crippen LogP contribution in [0, 0.1) is 6.92 Å². The molecule has 0 spiro atoms. The first kappa shape index (κ1) is 14.1. The van der Waals surface area contributed by atoms with E-state index in [-0.39, 0.29) is 11.6 Å². The zero-order chi connectivity index (χ0) is 14.0. The Morgan fingerprint density at radius 3 is 2.74 bits per heavy atom. The van der Waals surface area contributed by atoms with Crippen molar-refractivity contribution >= 4 is 23.4 Å². The summed E-state index contributed by atoms with van der Waals surface area (Å²) < 4.78 is 0. The highest BCUT2D eigenvalue weighted by Crippen LogP contribution is 2.32. The van der Waals surface area contributed by atoms with Crippen LogP contribution in [-0.4, -0.2) is 9.97 Å². The molecular formula is C13H14ClN3OS. The summed E-state index contributed by atoms with van der Waals surface area (Å²) >= 11 is 7.53. The van der Waals surface area contributed by atoms with Gasteiger partial charge in [-0.05, 0) is 31.5 Å². The van der Waals surface area contributed by atoms with Gasteiger partial charge in [-0.25, -0.2) is 4.98 Å². The monoisotopic (exact) mass is 295 g/mol. The van der Waals surface area contributed by atoms with Crippen LogP contribution in [0.4, 0.5) is 0 Å². The van der Waals surface area contributed by atoms with Crippen LogP contribution in [0.2, 0.25) is 5.02 Å². The molecule has 3 N–H and O–H groups in total. The van der Waals surface area contributed by atoms with Crippen molar-refractivity contribution in [2.75, 3.05) is 0 Å². The average molecular weight is 296 g/mol. The normalized spacial score (nSPS) is 12.4. The number of nitrogens with zero attached hydrogens (tertiary/aromatic N) is 1. The van der Waals surface area contributed by atoms with Crippen LogP contribution < -0.4 is 11.3 Å². The van der Waals surface area contributed by atoms with Gasteiger partial charge in [-0.15, -0.1) is 0 Å². The predicted molar refractivity (Wildman–Crippen MR) is 77.8 cm³/mol. The fourth-order valence-corrected chi connectivity index (χ4v) is 2.73. The molecule has 1 aromatic carbocycles. The highest BCUT2D eigenvalue weighted by molar-refractivity contribution is 7.99. The summed E-state index contributed by atoms with van der Waals surface area (Å²) in [7, 11) is 0. The van der Waals surface area contributed by atoms with E-state index in [0.717, 1.165) is 10.5 Å². The first-order valence-electron chi connectivity index (χ1n) is 5.76. The van der Waals surface area contributed by atoms with Crippen LogP contribution in [0.15, 0.2) is 39.1 Å². The number of benzene rings is 1. The summed E-state index contributed by atoms with van der Waals surface area (Å²) in [5, 5.41) is 1.13. The van der Waals surface area contributed by atoms with E-state index >= 15 is 0 Å². The quantitative estimate of drug-likeness (QED) is 0.854. The number of hydrogen-bond donors (Lipinski definition) is 2. The van der Waals surface area contributed by atoms with Gasteiger partial charge in [0.1, 0.15) is 0 Å². The van der Waals surface area contributed by atoms with Gasteiger partial charge >= 0.3 is 0 Å². The van der Waals surface area contributed by atoms with Gasteiger partial charge in [0.15, 0.2) is 5.16 Å². The third-order valence-electron chi connectivity index (χ3n) is 2.54. The van der Waals surface area contributed by atoms with Crippen molar-refractivity contribution in [2.24, 2.45) is 5.73 Å². The minimum Gasteiger partial charge on any atom is -0.324 e. The molecule has 2 aromatic rings. The molecule has 2 rings (SSSR count). The number of nitrogens with two attached hydrogens (primary N) is 1. The molecule has 0 aliphatic carbocycles. The van der Waals surface area contributed by atoms with Crippen molar-refractivity contribution in [2.45, 2.75) is 29.9 Å². The number of H-pyrrole nitrogens is 1. The maximum Gasteiger partial charge on any atom is 0.251 e. The third-order valence-corrected chi connectivity index (χ3v) is 3.92. The molecule has 0 aliphatic rings. The Labute approximate surface area is 120 Å². The highest BCUT2D eigenvalue weighted by Gasteiger charge is 2.08. The number of aryl methyl sites for hydroxylation is 1. The van der Waals surface area contributed by atoms with Crippen LogP contribution in [-0.2, 0) is 0 Å². The second-order valence-electron chi connectivity index (χ2n) is 4.27. The first-order chi connectivity index (χ1) is 8.95. The Kier molecular flexibility index (Phi) is 4.29. The summed E-state index contributed by atoms with van der Waals surface area (Å²) in [6, 6.07) is 7.03. The van der Waals surface area contributed by atoms with Gasteiger partial charge in [0.2, 0.25) is 0 Å². The lowest BCUT2D eigenvalue weighted by Gasteiger charge is -2.09. The van der Waals surface area contributed by atoms with Gasteiger partial charge in [-0.2, -0.15) is 0 Å². The third kappa shape index (κ3) is 3.59. The van der Waals surface area contributed by atoms with Crippen LogP contribution >= 0.6 is 23.4 Å². The predicted octanol–water partition coefficient (Wildman–Crippen LogP) is 2.90. The smallest absolute Gasteiger partial charge is 0.251 e. The van der Waals surface area contributed by atoms with E-state index in [2.05, 4.69) is 9.97 Å². The van der Waals surface area contributed by atoms with Crippen LogP contribution in [0.3, 0.4) is 0 Å². The summed E-state index contributed by atoms with van der Waals surface area (Å²) in [4.78, 5) is 19.1. The summed E-state index contributed by atoms with van der Waals surface area (Å²) in [5.74, 6) is 0. The number of rotatable bonds is 3. The molecular weight excluding hydrogens is 282 g/mol. The van der Waals surface area contributed by atoms with Gasteiger partial charge in [0.05, 0.1) is 5.02 Å². The van der Waals surface area contributed by atoms with E-state index in [1.54, 1.807) is 6.92 Å². The van der Waals surface area contributed by atoms with E-state index in [1.165, 1.54) is 17.8 Å².